The summed E-state index contributed by atoms with van der Waals surface area (Å²) >= 11 is 6.46. The van der Waals surface area contributed by atoms with Crippen LogP contribution in [0.3, 0.4) is 0 Å². The van der Waals surface area contributed by atoms with Gasteiger partial charge >= 0.3 is 0 Å². The Kier molecular flexibility index (Phi) is 6.89. The molecule has 9 nitrogen and oxygen atoms in total. The lowest BCUT2D eigenvalue weighted by Crippen LogP contribution is -2.39. The average Bonchev–Trinajstić information content (AvgIpc) is 3.25. The zero-order chi connectivity index (χ0) is 23.8. The van der Waals surface area contributed by atoms with E-state index in [4.69, 9.17) is 17.0 Å². The molecule has 2 aromatic rings. The number of anilines is 1. The van der Waals surface area contributed by atoms with E-state index < -0.39 is 15.9 Å². The van der Waals surface area contributed by atoms with Gasteiger partial charge in [-0.05, 0) is 37.5 Å². The van der Waals surface area contributed by atoms with Crippen LogP contribution in [0.5, 0.6) is 0 Å². The summed E-state index contributed by atoms with van der Waals surface area (Å²) in [5, 5.41) is 3.19. The molecule has 0 saturated carbocycles. The van der Waals surface area contributed by atoms with Crippen molar-refractivity contribution in [3.63, 3.8) is 0 Å². The zero-order valence-electron chi connectivity index (χ0n) is 18.2. The number of thioether (sulfide) groups is 1. The number of carbonyl (C=O) groups excluding carboxylic acids is 1. The van der Waals surface area contributed by atoms with Gasteiger partial charge in [-0.25, -0.2) is 13.4 Å². The van der Waals surface area contributed by atoms with E-state index in [1.807, 2.05) is 13.0 Å². The third-order valence-electron chi connectivity index (χ3n) is 5.57. The Labute approximate surface area is 201 Å². The lowest BCUT2D eigenvalue weighted by atomic mass is 10.2. The highest BCUT2D eigenvalue weighted by atomic mass is 32.2. The molecule has 0 aliphatic carbocycles. The number of nitrogens with zero attached hydrogens (tertiary/aromatic N) is 3. The number of aromatic nitrogens is 2. The standard InChI is InChI=1S/C21H24N4O5S3/c1-13-5-3-8-24-18(13)23-17(22-7-4-9-30-2)15(19(24)26)11-16-20(27)25(21(31)32-16)14-6-10-33(28,29)12-14/h3,5,8,11,14,22H,4,6-7,9-10,12H2,1-2H3/b16-11+. The second kappa shape index (κ2) is 9.53. The summed E-state index contributed by atoms with van der Waals surface area (Å²) in [6.45, 7) is 2.96. The molecule has 2 aliphatic rings. The van der Waals surface area contributed by atoms with E-state index in [0.717, 1.165) is 17.3 Å². The minimum Gasteiger partial charge on any atom is -0.385 e. The fraction of sp³-hybridized carbons (Fsp3) is 0.429. The maximum Gasteiger partial charge on any atom is 0.267 e. The van der Waals surface area contributed by atoms with E-state index in [1.165, 1.54) is 15.4 Å². The molecule has 0 spiro atoms. The Hall–Kier alpha value is -2.28. The van der Waals surface area contributed by atoms with Gasteiger partial charge in [-0.1, -0.05) is 30.0 Å². The molecule has 33 heavy (non-hydrogen) atoms. The Bertz CT molecular complexity index is 1320. The zero-order valence-corrected chi connectivity index (χ0v) is 20.7. The van der Waals surface area contributed by atoms with Crippen molar-refractivity contribution in [1.82, 2.24) is 14.3 Å². The summed E-state index contributed by atoms with van der Waals surface area (Å²) in [4.78, 5) is 32.8. The molecular formula is C21H24N4O5S3. The normalized spacial score (nSPS) is 21.5. The first-order chi connectivity index (χ1) is 15.7. The molecule has 4 rings (SSSR count). The van der Waals surface area contributed by atoms with E-state index >= 15 is 0 Å². The number of aryl methyl sites for hydroxylation is 1. The number of fused-ring (bicyclic) bond motifs is 1. The van der Waals surface area contributed by atoms with Crippen molar-refractivity contribution in [2.75, 3.05) is 37.1 Å². The Balaban J connectivity index is 1.73. The third kappa shape index (κ3) is 4.84. The highest BCUT2D eigenvalue weighted by Crippen LogP contribution is 2.36. The van der Waals surface area contributed by atoms with Gasteiger partial charge in [0.1, 0.15) is 15.8 Å². The number of rotatable bonds is 7. The van der Waals surface area contributed by atoms with Gasteiger partial charge in [0.05, 0.1) is 28.0 Å². The van der Waals surface area contributed by atoms with Gasteiger partial charge < -0.3 is 10.1 Å². The topological polar surface area (TPSA) is 110 Å². The fourth-order valence-electron chi connectivity index (χ4n) is 3.90. The van der Waals surface area contributed by atoms with Crippen molar-refractivity contribution in [3.05, 3.63) is 44.7 Å². The molecule has 0 radical (unpaired) electrons. The highest BCUT2D eigenvalue weighted by Gasteiger charge is 2.42. The SMILES string of the molecule is COCCCNc1nc2c(C)cccn2c(=O)c1/C=C1/SC(=S)N(C2CCS(=O)(=O)C2)C1=O. The van der Waals surface area contributed by atoms with Crippen LogP contribution in [0, 0.1) is 6.92 Å². The predicted octanol–water partition coefficient (Wildman–Crippen LogP) is 1.84. The van der Waals surface area contributed by atoms with Crippen molar-refractivity contribution in [3.8, 4) is 0 Å². The molecule has 2 saturated heterocycles. The fourth-order valence-corrected chi connectivity index (χ4v) is 6.99. The number of pyridine rings is 1. The molecule has 4 heterocycles. The van der Waals surface area contributed by atoms with E-state index in [9.17, 15) is 18.0 Å². The van der Waals surface area contributed by atoms with Gasteiger partial charge in [0.15, 0.2) is 9.84 Å². The number of carbonyl (C=O) groups is 1. The van der Waals surface area contributed by atoms with Crippen LogP contribution in [-0.4, -0.2) is 70.7 Å². The number of ether oxygens (including phenoxy) is 1. The van der Waals surface area contributed by atoms with Gasteiger partial charge in [0, 0.05) is 26.5 Å². The molecule has 12 heteroatoms. The van der Waals surface area contributed by atoms with Gasteiger partial charge in [0.25, 0.3) is 11.5 Å². The minimum atomic E-state index is -3.18. The number of sulfone groups is 1. The number of amides is 1. The van der Waals surface area contributed by atoms with Crippen molar-refractivity contribution < 1.29 is 17.9 Å². The van der Waals surface area contributed by atoms with E-state index in [-0.39, 0.29) is 33.4 Å². The van der Waals surface area contributed by atoms with Gasteiger partial charge in [-0.15, -0.1) is 0 Å². The van der Waals surface area contributed by atoms with Gasteiger partial charge in [-0.3, -0.25) is 18.9 Å². The molecule has 2 fully saturated rings. The predicted molar refractivity (Wildman–Crippen MR) is 133 cm³/mol. The minimum absolute atomic E-state index is 0.0403. The van der Waals surface area contributed by atoms with Gasteiger partial charge in [0.2, 0.25) is 0 Å². The number of hydrogen-bond donors (Lipinski definition) is 1. The number of nitrogens with one attached hydrogen (secondary N) is 1. The molecule has 176 valence electrons. The number of thiocarbonyl (C=S) groups is 1. The molecule has 1 unspecified atom stereocenters. The second-order valence-corrected chi connectivity index (χ2v) is 11.9. The van der Waals surface area contributed by atoms with E-state index in [2.05, 4.69) is 10.3 Å². The highest BCUT2D eigenvalue weighted by molar-refractivity contribution is 8.26. The smallest absolute Gasteiger partial charge is 0.267 e. The van der Waals surface area contributed by atoms with Crippen LogP contribution in [0.25, 0.3) is 11.7 Å². The van der Waals surface area contributed by atoms with E-state index in [1.54, 1.807) is 19.4 Å². The largest absolute Gasteiger partial charge is 0.385 e. The quantitative estimate of drug-likeness (QED) is 0.340. The number of hydrogen-bond acceptors (Lipinski definition) is 9. The van der Waals surface area contributed by atoms with Crippen molar-refractivity contribution in [2.24, 2.45) is 0 Å². The summed E-state index contributed by atoms with van der Waals surface area (Å²) in [5.74, 6) is -0.0674. The summed E-state index contributed by atoms with van der Waals surface area (Å²) in [7, 11) is -1.56. The van der Waals surface area contributed by atoms with Crippen LogP contribution in [0.2, 0.25) is 0 Å². The van der Waals surface area contributed by atoms with E-state index in [0.29, 0.717) is 41.8 Å². The Morgan fingerprint density at radius 2 is 2.18 bits per heavy atom. The lowest BCUT2D eigenvalue weighted by molar-refractivity contribution is -0.123. The first kappa shape index (κ1) is 23.9. The van der Waals surface area contributed by atoms with Crippen molar-refractivity contribution in [2.45, 2.75) is 25.8 Å². The number of methoxy groups -OCH3 is 1. The van der Waals surface area contributed by atoms with Gasteiger partial charge in [-0.2, -0.15) is 0 Å². The van der Waals surface area contributed by atoms with Crippen LogP contribution in [0.15, 0.2) is 28.0 Å². The van der Waals surface area contributed by atoms with Crippen molar-refractivity contribution in [1.29, 1.82) is 0 Å². The monoisotopic (exact) mass is 508 g/mol. The Morgan fingerprint density at radius 1 is 1.39 bits per heavy atom. The lowest BCUT2D eigenvalue weighted by Gasteiger charge is -2.20. The van der Waals surface area contributed by atoms with Crippen LogP contribution < -0.4 is 10.9 Å². The maximum atomic E-state index is 13.4. The van der Waals surface area contributed by atoms with Crippen LogP contribution in [0.4, 0.5) is 5.82 Å². The molecule has 0 bridgehead atoms. The van der Waals surface area contributed by atoms with Crippen LogP contribution >= 0.6 is 24.0 Å². The molecule has 2 aliphatic heterocycles. The first-order valence-electron chi connectivity index (χ1n) is 10.4. The average molecular weight is 509 g/mol. The molecule has 1 N–H and O–H groups in total. The summed E-state index contributed by atoms with van der Waals surface area (Å²) < 4.78 is 30.6. The van der Waals surface area contributed by atoms with Crippen LogP contribution in [-0.2, 0) is 19.4 Å². The second-order valence-electron chi connectivity index (χ2n) is 7.95. The summed E-state index contributed by atoms with van der Waals surface area (Å²) in [6.07, 6.45) is 4.21. The molecule has 2 aromatic heterocycles. The Morgan fingerprint density at radius 3 is 2.88 bits per heavy atom. The molecule has 1 amide bonds. The molecule has 0 aromatic carbocycles. The summed E-state index contributed by atoms with van der Waals surface area (Å²) in [5.41, 5.74) is 1.30. The summed E-state index contributed by atoms with van der Waals surface area (Å²) in [6, 6.07) is 3.16. The molecule has 1 atom stereocenters. The van der Waals surface area contributed by atoms with Crippen LogP contribution in [0.1, 0.15) is 24.0 Å². The molecular weight excluding hydrogens is 484 g/mol. The first-order valence-corrected chi connectivity index (χ1v) is 13.5. The maximum absolute atomic E-state index is 13.4. The third-order valence-corrected chi connectivity index (χ3v) is 8.66. The van der Waals surface area contributed by atoms with Crippen molar-refractivity contribution >= 4 is 61.6 Å².